The zero-order chi connectivity index (χ0) is 13.7. The summed E-state index contributed by atoms with van der Waals surface area (Å²) in [5.41, 5.74) is 5.49. The maximum atomic E-state index is 11.9. The first-order valence-corrected chi connectivity index (χ1v) is 6.84. The maximum Gasteiger partial charge on any atom is 0.224 e. The average molecular weight is 284 g/mol. The topological polar surface area (TPSA) is 84.1 Å². The van der Waals surface area contributed by atoms with Gasteiger partial charge in [-0.3, -0.25) is 4.79 Å². The van der Waals surface area contributed by atoms with E-state index in [0.29, 0.717) is 18.8 Å². The van der Waals surface area contributed by atoms with Crippen molar-refractivity contribution in [1.29, 1.82) is 0 Å². The molecule has 19 heavy (non-hydrogen) atoms. The number of rotatable bonds is 4. The number of carbonyl (C=O) groups excluding carboxylic acids is 1. The molecule has 1 aromatic rings. The lowest BCUT2D eigenvalue weighted by Gasteiger charge is -2.26. The number of nitrogens with zero attached hydrogens (tertiary/aromatic N) is 3. The molecule has 7 heteroatoms. The van der Waals surface area contributed by atoms with Gasteiger partial charge in [-0.2, -0.15) is 4.98 Å². The SMILES string of the molecule is Nc1nc(Cl)cc(NCCC(=O)N2CCCCC2)n1. The second kappa shape index (κ2) is 6.56. The van der Waals surface area contributed by atoms with Gasteiger partial charge in [-0.25, -0.2) is 4.98 Å². The fourth-order valence-electron chi connectivity index (χ4n) is 2.12. The van der Waals surface area contributed by atoms with E-state index in [1.807, 2.05) is 4.90 Å². The van der Waals surface area contributed by atoms with E-state index in [2.05, 4.69) is 15.3 Å². The normalized spacial score (nSPS) is 15.3. The molecule has 1 saturated heterocycles. The minimum atomic E-state index is 0.123. The molecule has 1 aliphatic heterocycles. The Balaban J connectivity index is 1.77. The number of nitrogens with two attached hydrogens (primary N) is 1. The number of carbonyl (C=O) groups is 1. The average Bonchev–Trinajstić information content (AvgIpc) is 2.38. The summed E-state index contributed by atoms with van der Waals surface area (Å²) in [5.74, 6) is 0.849. The summed E-state index contributed by atoms with van der Waals surface area (Å²) in [5, 5.41) is 3.32. The molecule has 0 saturated carbocycles. The van der Waals surface area contributed by atoms with Crippen molar-refractivity contribution in [3.8, 4) is 0 Å². The Kier molecular flexibility index (Phi) is 4.79. The molecule has 0 atom stereocenters. The number of halogens is 1. The van der Waals surface area contributed by atoms with E-state index in [1.165, 1.54) is 6.42 Å². The molecule has 1 fully saturated rings. The van der Waals surface area contributed by atoms with Crippen LogP contribution in [-0.4, -0.2) is 40.4 Å². The van der Waals surface area contributed by atoms with E-state index in [0.717, 1.165) is 25.9 Å². The van der Waals surface area contributed by atoms with E-state index >= 15 is 0 Å². The predicted molar refractivity (Wildman–Crippen MR) is 75.0 cm³/mol. The Hall–Kier alpha value is -1.56. The number of hydrogen-bond donors (Lipinski definition) is 2. The monoisotopic (exact) mass is 283 g/mol. The van der Waals surface area contributed by atoms with Gasteiger partial charge in [0.25, 0.3) is 0 Å². The highest BCUT2D eigenvalue weighted by Gasteiger charge is 2.15. The number of hydrogen-bond acceptors (Lipinski definition) is 5. The fourth-order valence-corrected chi connectivity index (χ4v) is 2.31. The fraction of sp³-hybridized carbons (Fsp3) is 0.583. The highest BCUT2D eigenvalue weighted by atomic mass is 35.5. The lowest BCUT2D eigenvalue weighted by Crippen LogP contribution is -2.36. The third-order valence-corrected chi connectivity index (χ3v) is 3.26. The lowest BCUT2D eigenvalue weighted by atomic mass is 10.1. The standard InChI is InChI=1S/C12H18ClN5O/c13-9-8-10(17-12(14)16-9)15-5-4-11(19)18-6-2-1-3-7-18/h8H,1-7H2,(H3,14,15,16,17). The molecule has 104 valence electrons. The number of anilines is 2. The molecule has 1 aliphatic rings. The van der Waals surface area contributed by atoms with E-state index in [9.17, 15) is 4.79 Å². The lowest BCUT2D eigenvalue weighted by molar-refractivity contribution is -0.131. The van der Waals surface area contributed by atoms with Crippen LogP contribution in [0.15, 0.2) is 6.07 Å². The Morgan fingerprint density at radius 3 is 2.79 bits per heavy atom. The van der Waals surface area contributed by atoms with Gasteiger partial charge < -0.3 is 16.0 Å². The van der Waals surface area contributed by atoms with Crippen LogP contribution in [0.4, 0.5) is 11.8 Å². The van der Waals surface area contributed by atoms with Gasteiger partial charge in [-0.1, -0.05) is 11.6 Å². The van der Waals surface area contributed by atoms with Crippen LogP contribution >= 0.6 is 11.6 Å². The first-order valence-electron chi connectivity index (χ1n) is 6.47. The summed E-state index contributed by atoms with van der Waals surface area (Å²) in [4.78, 5) is 21.6. The number of amides is 1. The van der Waals surface area contributed by atoms with Crippen molar-refractivity contribution < 1.29 is 4.79 Å². The molecule has 6 nitrogen and oxygen atoms in total. The van der Waals surface area contributed by atoms with Crippen LogP contribution in [0.3, 0.4) is 0 Å². The van der Waals surface area contributed by atoms with Gasteiger partial charge in [-0.15, -0.1) is 0 Å². The van der Waals surface area contributed by atoms with Crippen molar-refractivity contribution in [2.75, 3.05) is 30.7 Å². The van der Waals surface area contributed by atoms with Crippen LogP contribution in [0.1, 0.15) is 25.7 Å². The predicted octanol–water partition coefficient (Wildman–Crippen LogP) is 1.53. The number of likely N-dealkylation sites (tertiary alicyclic amines) is 1. The molecular weight excluding hydrogens is 266 g/mol. The largest absolute Gasteiger partial charge is 0.369 e. The molecule has 0 radical (unpaired) electrons. The Morgan fingerprint density at radius 1 is 1.37 bits per heavy atom. The Labute approximate surface area is 117 Å². The third kappa shape index (κ3) is 4.24. The summed E-state index contributed by atoms with van der Waals surface area (Å²) in [6, 6.07) is 1.59. The summed E-state index contributed by atoms with van der Waals surface area (Å²) in [6.45, 7) is 2.28. The molecule has 1 amide bonds. The van der Waals surface area contributed by atoms with E-state index in [-0.39, 0.29) is 17.0 Å². The van der Waals surface area contributed by atoms with E-state index in [4.69, 9.17) is 17.3 Å². The highest BCUT2D eigenvalue weighted by molar-refractivity contribution is 6.29. The molecule has 0 unspecified atom stereocenters. The zero-order valence-corrected chi connectivity index (χ0v) is 11.5. The maximum absolute atomic E-state index is 11.9. The van der Waals surface area contributed by atoms with Gasteiger partial charge in [0.15, 0.2) is 0 Å². The molecule has 3 N–H and O–H groups in total. The molecule has 0 aromatic carbocycles. The molecule has 0 aliphatic carbocycles. The van der Waals surface area contributed by atoms with Crippen LogP contribution in [0.5, 0.6) is 0 Å². The Morgan fingerprint density at radius 2 is 2.11 bits per heavy atom. The van der Waals surface area contributed by atoms with Gasteiger partial charge in [0.1, 0.15) is 11.0 Å². The van der Waals surface area contributed by atoms with Crippen LogP contribution in [-0.2, 0) is 4.79 Å². The van der Waals surface area contributed by atoms with Crippen molar-refractivity contribution in [2.24, 2.45) is 0 Å². The first-order chi connectivity index (χ1) is 9.15. The van der Waals surface area contributed by atoms with Gasteiger partial charge in [0.05, 0.1) is 0 Å². The molecule has 0 bridgehead atoms. The second-order valence-corrected chi connectivity index (χ2v) is 4.94. The van der Waals surface area contributed by atoms with Gasteiger partial charge in [0.2, 0.25) is 11.9 Å². The number of nitrogens with one attached hydrogen (secondary N) is 1. The highest BCUT2D eigenvalue weighted by Crippen LogP contribution is 2.13. The number of piperidine rings is 1. The Bertz CT molecular complexity index is 427. The smallest absolute Gasteiger partial charge is 0.224 e. The zero-order valence-electron chi connectivity index (χ0n) is 10.7. The third-order valence-electron chi connectivity index (χ3n) is 3.07. The molecule has 0 spiro atoms. The summed E-state index contributed by atoms with van der Waals surface area (Å²) in [6.07, 6.45) is 3.89. The summed E-state index contributed by atoms with van der Waals surface area (Å²) < 4.78 is 0. The minimum Gasteiger partial charge on any atom is -0.369 e. The quantitative estimate of drug-likeness (QED) is 0.819. The first kappa shape index (κ1) is 13.9. The van der Waals surface area contributed by atoms with Crippen molar-refractivity contribution >= 4 is 29.3 Å². The van der Waals surface area contributed by atoms with Crippen LogP contribution in [0.2, 0.25) is 5.15 Å². The van der Waals surface area contributed by atoms with E-state index in [1.54, 1.807) is 6.07 Å². The molecule has 2 rings (SSSR count). The van der Waals surface area contributed by atoms with Gasteiger partial charge in [0, 0.05) is 32.1 Å². The number of nitrogen functional groups attached to an aromatic ring is 1. The van der Waals surface area contributed by atoms with Crippen molar-refractivity contribution in [3.05, 3.63) is 11.2 Å². The van der Waals surface area contributed by atoms with Gasteiger partial charge in [-0.05, 0) is 19.3 Å². The van der Waals surface area contributed by atoms with Crippen LogP contribution < -0.4 is 11.1 Å². The molecule has 2 heterocycles. The van der Waals surface area contributed by atoms with Gasteiger partial charge >= 0.3 is 0 Å². The van der Waals surface area contributed by atoms with E-state index < -0.39 is 0 Å². The molecular formula is C12H18ClN5O. The summed E-state index contributed by atoms with van der Waals surface area (Å²) in [7, 11) is 0. The van der Waals surface area contributed by atoms with Crippen molar-refractivity contribution in [2.45, 2.75) is 25.7 Å². The minimum absolute atomic E-state index is 0.123. The summed E-state index contributed by atoms with van der Waals surface area (Å²) >= 11 is 5.77. The second-order valence-electron chi connectivity index (χ2n) is 4.55. The van der Waals surface area contributed by atoms with Crippen molar-refractivity contribution in [3.63, 3.8) is 0 Å². The van der Waals surface area contributed by atoms with Crippen LogP contribution in [0.25, 0.3) is 0 Å². The van der Waals surface area contributed by atoms with Crippen LogP contribution in [0, 0.1) is 0 Å². The molecule has 1 aromatic heterocycles. The number of aromatic nitrogens is 2. The van der Waals surface area contributed by atoms with Crippen molar-refractivity contribution in [1.82, 2.24) is 14.9 Å².